The summed E-state index contributed by atoms with van der Waals surface area (Å²) >= 11 is 0. The summed E-state index contributed by atoms with van der Waals surface area (Å²) in [6.07, 6.45) is 8.55. The van der Waals surface area contributed by atoms with Crippen molar-refractivity contribution in [3.8, 4) is 0 Å². The molecule has 0 spiro atoms. The molecular formula is C16H20O2. The number of rotatable bonds is 3. The van der Waals surface area contributed by atoms with E-state index in [4.69, 9.17) is 4.74 Å². The molecule has 0 unspecified atom stereocenters. The highest BCUT2D eigenvalue weighted by molar-refractivity contribution is 5.72. The van der Waals surface area contributed by atoms with Gasteiger partial charge >= 0.3 is 5.97 Å². The normalized spacial score (nSPS) is 24.1. The molecule has 1 aromatic rings. The van der Waals surface area contributed by atoms with Gasteiger partial charge in [-0.3, -0.25) is 4.79 Å². The van der Waals surface area contributed by atoms with Gasteiger partial charge in [-0.05, 0) is 37.2 Å². The van der Waals surface area contributed by atoms with Crippen molar-refractivity contribution in [3.05, 3.63) is 42.0 Å². The quantitative estimate of drug-likeness (QED) is 0.758. The van der Waals surface area contributed by atoms with Crippen molar-refractivity contribution in [1.82, 2.24) is 0 Å². The van der Waals surface area contributed by atoms with Gasteiger partial charge in [0.15, 0.2) is 0 Å². The van der Waals surface area contributed by atoms with Crippen LogP contribution in [0.3, 0.4) is 0 Å². The lowest BCUT2D eigenvalue weighted by atomic mass is 9.82. The van der Waals surface area contributed by atoms with Crippen molar-refractivity contribution < 1.29 is 9.53 Å². The van der Waals surface area contributed by atoms with Crippen molar-refractivity contribution in [2.75, 3.05) is 7.11 Å². The second-order valence-electron chi connectivity index (χ2n) is 4.90. The van der Waals surface area contributed by atoms with Crippen LogP contribution in [-0.2, 0) is 9.53 Å². The Morgan fingerprint density at radius 1 is 1.17 bits per heavy atom. The molecule has 18 heavy (non-hydrogen) atoms. The molecular weight excluding hydrogens is 224 g/mol. The van der Waals surface area contributed by atoms with Crippen molar-refractivity contribution in [2.45, 2.75) is 25.7 Å². The molecule has 0 radical (unpaired) electrons. The minimum atomic E-state index is -0.0412. The van der Waals surface area contributed by atoms with Gasteiger partial charge in [-0.25, -0.2) is 0 Å². The molecule has 1 saturated carbocycles. The first-order valence-electron chi connectivity index (χ1n) is 6.60. The highest BCUT2D eigenvalue weighted by atomic mass is 16.5. The van der Waals surface area contributed by atoms with E-state index in [1.807, 2.05) is 18.2 Å². The van der Waals surface area contributed by atoms with Crippen LogP contribution < -0.4 is 0 Å². The Morgan fingerprint density at radius 2 is 1.83 bits per heavy atom. The third-order valence-corrected chi connectivity index (χ3v) is 3.67. The lowest BCUT2D eigenvalue weighted by molar-refractivity contribution is -0.146. The van der Waals surface area contributed by atoms with Crippen LogP contribution in [0.5, 0.6) is 0 Å². The van der Waals surface area contributed by atoms with Crippen LogP contribution in [0.1, 0.15) is 31.2 Å². The molecule has 0 amide bonds. The molecule has 1 aromatic carbocycles. The van der Waals surface area contributed by atoms with Crippen molar-refractivity contribution in [1.29, 1.82) is 0 Å². The SMILES string of the molecule is COC(=O)[C@H]1CC[C@H](C=Cc2ccccc2)CC1. The van der Waals surface area contributed by atoms with E-state index in [0.717, 1.165) is 25.7 Å². The summed E-state index contributed by atoms with van der Waals surface area (Å²) in [6.45, 7) is 0. The average molecular weight is 244 g/mol. The third kappa shape index (κ3) is 3.46. The maximum atomic E-state index is 11.4. The standard InChI is InChI=1S/C16H20O2/c1-18-16(17)15-11-9-14(10-12-15)8-7-13-5-3-2-4-6-13/h2-8,14-15H,9-12H2,1H3/t14-,15-. The zero-order valence-corrected chi connectivity index (χ0v) is 10.8. The first-order valence-corrected chi connectivity index (χ1v) is 6.60. The minimum Gasteiger partial charge on any atom is -0.469 e. The van der Waals surface area contributed by atoms with Crippen LogP contribution in [0.2, 0.25) is 0 Å². The number of carbonyl (C=O) groups is 1. The molecule has 0 bridgehead atoms. The first-order chi connectivity index (χ1) is 8.79. The molecule has 2 rings (SSSR count). The van der Waals surface area contributed by atoms with Crippen molar-refractivity contribution >= 4 is 12.0 Å². The van der Waals surface area contributed by atoms with Crippen LogP contribution in [0.15, 0.2) is 36.4 Å². The molecule has 1 aliphatic rings. The van der Waals surface area contributed by atoms with E-state index < -0.39 is 0 Å². The molecule has 96 valence electrons. The van der Waals surface area contributed by atoms with E-state index in [0.29, 0.717) is 5.92 Å². The van der Waals surface area contributed by atoms with Gasteiger partial charge in [-0.2, -0.15) is 0 Å². The fourth-order valence-electron chi connectivity index (χ4n) is 2.53. The van der Waals surface area contributed by atoms with E-state index in [9.17, 15) is 4.79 Å². The molecule has 0 atom stereocenters. The number of hydrogen-bond donors (Lipinski definition) is 0. The number of ether oxygens (including phenoxy) is 1. The maximum Gasteiger partial charge on any atom is 0.308 e. The van der Waals surface area contributed by atoms with Crippen LogP contribution in [-0.4, -0.2) is 13.1 Å². The topological polar surface area (TPSA) is 26.3 Å². The van der Waals surface area contributed by atoms with Gasteiger partial charge in [0.1, 0.15) is 0 Å². The van der Waals surface area contributed by atoms with E-state index in [2.05, 4.69) is 24.3 Å². The Balaban J connectivity index is 1.84. The zero-order chi connectivity index (χ0) is 12.8. The van der Waals surface area contributed by atoms with Gasteiger partial charge < -0.3 is 4.74 Å². The van der Waals surface area contributed by atoms with Gasteiger partial charge in [-0.1, -0.05) is 42.5 Å². The summed E-state index contributed by atoms with van der Waals surface area (Å²) in [4.78, 5) is 11.4. The van der Waals surface area contributed by atoms with Crippen molar-refractivity contribution in [2.24, 2.45) is 11.8 Å². The van der Waals surface area contributed by atoms with Gasteiger partial charge in [-0.15, -0.1) is 0 Å². The Labute approximate surface area is 109 Å². The fourth-order valence-corrected chi connectivity index (χ4v) is 2.53. The second kappa shape index (κ2) is 6.39. The highest BCUT2D eigenvalue weighted by Crippen LogP contribution is 2.30. The number of methoxy groups -OCH3 is 1. The number of allylic oxidation sites excluding steroid dienone is 1. The number of hydrogen-bond acceptors (Lipinski definition) is 2. The lowest BCUT2D eigenvalue weighted by Crippen LogP contribution is -2.22. The summed E-state index contributed by atoms with van der Waals surface area (Å²) in [7, 11) is 1.48. The van der Waals surface area contributed by atoms with Crippen molar-refractivity contribution in [3.63, 3.8) is 0 Å². The Bertz CT molecular complexity index is 400. The molecule has 1 aliphatic carbocycles. The summed E-state index contributed by atoms with van der Waals surface area (Å²) in [6, 6.07) is 10.3. The van der Waals surface area contributed by atoms with Gasteiger partial charge in [0.25, 0.3) is 0 Å². The summed E-state index contributed by atoms with van der Waals surface area (Å²) in [5.74, 6) is 0.683. The average Bonchev–Trinajstić information content (AvgIpc) is 2.46. The first kappa shape index (κ1) is 12.9. The Kier molecular flexibility index (Phi) is 4.57. The fraction of sp³-hybridized carbons (Fsp3) is 0.438. The maximum absolute atomic E-state index is 11.4. The number of benzene rings is 1. The predicted octanol–water partition coefficient (Wildman–Crippen LogP) is 3.68. The number of esters is 1. The predicted molar refractivity (Wildman–Crippen MR) is 72.9 cm³/mol. The van der Waals surface area contributed by atoms with E-state index >= 15 is 0 Å². The molecule has 0 saturated heterocycles. The number of carbonyl (C=O) groups excluding carboxylic acids is 1. The van der Waals surface area contributed by atoms with Gasteiger partial charge in [0, 0.05) is 0 Å². The van der Waals surface area contributed by atoms with E-state index in [1.165, 1.54) is 12.7 Å². The van der Waals surface area contributed by atoms with Crippen LogP contribution in [0.4, 0.5) is 0 Å². The molecule has 2 nitrogen and oxygen atoms in total. The minimum absolute atomic E-state index is 0.0412. The Hall–Kier alpha value is -1.57. The summed E-state index contributed by atoms with van der Waals surface area (Å²) in [5, 5.41) is 0. The molecule has 1 fully saturated rings. The summed E-state index contributed by atoms with van der Waals surface area (Å²) < 4.78 is 4.80. The third-order valence-electron chi connectivity index (χ3n) is 3.67. The molecule has 0 aliphatic heterocycles. The molecule has 2 heteroatoms. The zero-order valence-electron chi connectivity index (χ0n) is 10.8. The van der Waals surface area contributed by atoms with E-state index in [-0.39, 0.29) is 11.9 Å². The molecule has 0 heterocycles. The molecule has 0 N–H and O–H groups in total. The highest BCUT2D eigenvalue weighted by Gasteiger charge is 2.25. The summed E-state index contributed by atoms with van der Waals surface area (Å²) in [5.41, 5.74) is 1.24. The second-order valence-corrected chi connectivity index (χ2v) is 4.90. The largest absolute Gasteiger partial charge is 0.469 e. The molecule has 0 aromatic heterocycles. The van der Waals surface area contributed by atoms with Crippen LogP contribution in [0, 0.1) is 11.8 Å². The van der Waals surface area contributed by atoms with E-state index in [1.54, 1.807) is 0 Å². The smallest absolute Gasteiger partial charge is 0.308 e. The van der Waals surface area contributed by atoms with Crippen LogP contribution in [0.25, 0.3) is 6.08 Å². The van der Waals surface area contributed by atoms with Gasteiger partial charge in [0.05, 0.1) is 13.0 Å². The van der Waals surface area contributed by atoms with Crippen LogP contribution >= 0.6 is 0 Å². The van der Waals surface area contributed by atoms with Gasteiger partial charge in [0.2, 0.25) is 0 Å². The Morgan fingerprint density at radius 3 is 2.44 bits per heavy atom. The monoisotopic (exact) mass is 244 g/mol. The lowest BCUT2D eigenvalue weighted by Gasteiger charge is -2.24.